The van der Waals surface area contributed by atoms with E-state index in [2.05, 4.69) is 15.4 Å². The second-order valence-electron chi connectivity index (χ2n) is 6.81. The van der Waals surface area contributed by atoms with Crippen LogP contribution >= 0.6 is 0 Å². The fourth-order valence-electron chi connectivity index (χ4n) is 2.86. The summed E-state index contributed by atoms with van der Waals surface area (Å²) >= 11 is 0. The van der Waals surface area contributed by atoms with Gasteiger partial charge in [0.15, 0.2) is 30.4 Å². The van der Waals surface area contributed by atoms with Gasteiger partial charge in [-0.05, 0) is 30.3 Å². The van der Waals surface area contributed by atoms with Gasteiger partial charge in [0.05, 0.1) is 13.2 Å². The smallest absolute Gasteiger partial charge is 0.330 e. The Bertz CT molecular complexity index is 1060. The molecule has 1 aliphatic rings. The summed E-state index contributed by atoms with van der Waals surface area (Å²) < 4.78 is 16.2. The van der Waals surface area contributed by atoms with Crippen LogP contribution in [0.4, 0.5) is 0 Å². The highest BCUT2D eigenvalue weighted by molar-refractivity contribution is 5.98. The minimum Gasteiger partial charge on any atom is -0.490 e. The van der Waals surface area contributed by atoms with Crippen molar-refractivity contribution in [1.29, 1.82) is 0 Å². The first-order valence-electron chi connectivity index (χ1n) is 9.52. The van der Waals surface area contributed by atoms with E-state index in [0.29, 0.717) is 36.1 Å². The first-order valence-corrected chi connectivity index (χ1v) is 9.52. The zero-order chi connectivity index (χ0) is 20.9. The number of ether oxygens (including phenoxy) is 3. The van der Waals surface area contributed by atoms with Gasteiger partial charge in [-0.15, -0.1) is 10.2 Å². The summed E-state index contributed by atoms with van der Waals surface area (Å²) in [6.45, 7) is 2.44. The van der Waals surface area contributed by atoms with Gasteiger partial charge in [-0.1, -0.05) is 29.8 Å². The molecule has 0 atom stereocenters. The Labute approximate surface area is 172 Å². The molecule has 2 aromatic carbocycles. The van der Waals surface area contributed by atoms with E-state index in [9.17, 15) is 9.59 Å². The van der Waals surface area contributed by atoms with Crippen molar-refractivity contribution in [2.75, 3.05) is 19.8 Å². The quantitative estimate of drug-likeness (QED) is 0.452. The number of ketones is 1. The molecule has 30 heavy (non-hydrogen) atoms. The topological polar surface area (TPSA) is 105 Å². The maximum Gasteiger partial charge on any atom is 0.330 e. The van der Waals surface area contributed by atoms with Crippen LogP contribution < -0.4 is 9.47 Å². The molecule has 4 rings (SSSR count). The van der Waals surface area contributed by atoms with Gasteiger partial charge in [-0.2, -0.15) is 4.80 Å². The van der Waals surface area contributed by atoms with Crippen LogP contribution in [0.25, 0.3) is 11.4 Å². The number of aromatic nitrogens is 4. The number of carbonyl (C=O) groups excluding carboxylic acids is 2. The largest absolute Gasteiger partial charge is 0.490 e. The highest BCUT2D eigenvalue weighted by Crippen LogP contribution is 2.30. The van der Waals surface area contributed by atoms with Crippen LogP contribution in [0.1, 0.15) is 22.3 Å². The van der Waals surface area contributed by atoms with Crippen molar-refractivity contribution in [2.24, 2.45) is 0 Å². The molecule has 0 radical (unpaired) electrons. The van der Waals surface area contributed by atoms with Crippen LogP contribution in [-0.2, 0) is 16.1 Å². The molecule has 0 amide bonds. The Hall–Kier alpha value is -3.75. The average molecular weight is 408 g/mol. The van der Waals surface area contributed by atoms with Gasteiger partial charge in [-0.25, -0.2) is 4.79 Å². The van der Waals surface area contributed by atoms with E-state index in [1.54, 1.807) is 18.2 Å². The minimum absolute atomic E-state index is 0.243. The third kappa shape index (κ3) is 4.62. The van der Waals surface area contributed by atoms with Crippen molar-refractivity contribution in [1.82, 2.24) is 20.2 Å². The number of tetrazole rings is 1. The molecule has 0 saturated carbocycles. The minimum atomic E-state index is -0.634. The molecule has 2 heterocycles. The van der Waals surface area contributed by atoms with Crippen LogP contribution in [0.3, 0.4) is 0 Å². The number of esters is 1. The first-order chi connectivity index (χ1) is 14.6. The van der Waals surface area contributed by atoms with E-state index in [-0.39, 0.29) is 12.3 Å². The number of rotatable bonds is 6. The monoisotopic (exact) mass is 408 g/mol. The predicted octanol–water partition coefficient (Wildman–Crippen LogP) is 2.24. The number of benzene rings is 2. The van der Waals surface area contributed by atoms with E-state index >= 15 is 0 Å². The fourth-order valence-corrected chi connectivity index (χ4v) is 2.86. The normalized spacial score (nSPS) is 12.8. The zero-order valence-electron chi connectivity index (χ0n) is 16.4. The van der Waals surface area contributed by atoms with Gasteiger partial charge < -0.3 is 14.2 Å². The van der Waals surface area contributed by atoms with E-state index in [1.807, 2.05) is 31.2 Å². The summed E-state index contributed by atoms with van der Waals surface area (Å²) in [5, 5.41) is 12.0. The van der Waals surface area contributed by atoms with Crippen LogP contribution in [0.5, 0.6) is 11.5 Å². The maximum atomic E-state index is 12.4. The van der Waals surface area contributed by atoms with Gasteiger partial charge in [0.25, 0.3) is 0 Å². The lowest BCUT2D eigenvalue weighted by Crippen LogP contribution is -2.20. The van der Waals surface area contributed by atoms with Crippen LogP contribution in [-0.4, -0.2) is 51.8 Å². The van der Waals surface area contributed by atoms with Gasteiger partial charge >= 0.3 is 5.97 Å². The van der Waals surface area contributed by atoms with Crippen molar-refractivity contribution in [3.05, 3.63) is 53.6 Å². The van der Waals surface area contributed by atoms with E-state index in [1.165, 1.54) is 0 Å². The Morgan fingerprint density at radius 3 is 2.63 bits per heavy atom. The Morgan fingerprint density at radius 2 is 1.83 bits per heavy atom. The van der Waals surface area contributed by atoms with Gasteiger partial charge in [0.2, 0.25) is 5.82 Å². The van der Waals surface area contributed by atoms with Crippen molar-refractivity contribution in [2.45, 2.75) is 19.9 Å². The average Bonchev–Trinajstić information content (AvgIpc) is 3.08. The number of carbonyl (C=O) groups is 2. The summed E-state index contributed by atoms with van der Waals surface area (Å²) in [5.41, 5.74) is 2.30. The van der Waals surface area contributed by atoms with E-state index in [4.69, 9.17) is 14.2 Å². The van der Waals surface area contributed by atoms with Gasteiger partial charge in [0.1, 0.15) is 0 Å². The maximum absolute atomic E-state index is 12.4. The number of aryl methyl sites for hydroxylation is 1. The molecule has 0 fully saturated rings. The lowest BCUT2D eigenvalue weighted by molar-refractivity contribution is -0.143. The summed E-state index contributed by atoms with van der Waals surface area (Å²) in [7, 11) is 0. The Balaban J connectivity index is 1.32. The number of Topliss-reactive ketones (excluding diaryl/α,β-unsaturated/α-hetero) is 1. The number of fused-ring (bicyclic) bond motifs is 1. The molecule has 154 valence electrons. The summed E-state index contributed by atoms with van der Waals surface area (Å²) in [5.74, 6) is 0.547. The van der Waals surface area contributed by atoms with Crippen molar-refractivity contribution in [3.8, 4) is 22.9 Å². The van der Waals surface area contributed by atoms with Crippen LogP contribution in [0.2, 0.25) is 0 Å². The van der Waals surface area contributed by atoms with Crippen LogP contribution in [0, 0.1) is 6.92 Å². The van der Waals surface area contributed by atoms with E-state index < -0.39 is 12.6 Å². The molecule has 1 aliphatic heterocycles. The summed E-state index contributed by atoms with van der Waals surface area (Å²) in [6, 6.07) is 12.5. The van der Waals surface area contributed by atoms with E-state index in [0.717, 1.165) is 22.3 Å². The number of hydrogen-bond donors (Lipinski definition) is 0. The molecular weight excluding hydrogens is 388 g/mol. The molecule has 9 nitrogen and oxygen atoms in total. The Kier molecular flexibility index (Phi) is 5.69. The second-order valence-corrected chi connectivity index (χ2v) is 6.81. The molecule has 0 bridgehead atoms. The molecule has 9 heteroatoms. The lowest BCUT2D eigenvalue weighted by Gasteiger charge is -2.09. The number of nitrogens with zero attached hydrogens (tertiary/aromatic N) is 4. The van der Waals surface area contributed by atoms with Gasteiger partial charge in [0, 0.05) is 17.5 Å². The first kappa shape index (κ1) is 19.6. The molecule has 1 aromatic heterocycles. The molecule has 0 saturated heterocycles. The fraction of sp³-hybridized carbons (Fsp3) is 0.286. The third-order valence-corrected chi connectivity index (χ3v) is 4.47. The predicted molar refractivity (Wildman–Crippen MR) is 105 cm³/mol. The molecular formula is C21H20N4O5. The SMILES string of the molecule is Cc1ccc(-c2nnn(CC(=O)OCC(=O)c3ccc4c(c3)OCCCO4)n2)cc1. The molecule has 0 unspecified atom stereocenters. The third-order valence-electron chi connectivity index (χ3n) is 4.47. The Morgan fingerprint density at radius 1 is 1.07 bits per heavy atom. The number of hydrogen-bond acceptors (Lipinski definition) is 8. The van der Waals surface area contributed by atoms with Crippen molar-refractivity contribution in [3.63, 3.8) is 0 Å². The molecule has 0 spiro atoms. The highest BCUT2D eigenvalue weighted by atomic mass is 16.5. The van der Waals surface area contributed by atoms with Crippen molar-refractivity contribution < 1.29 is 23.8 Å². The lowest BCUT2D eigenvalue weighted by atomic mass is 10.1. The second kappa shape index (κ2) is 8.73. The zero-order valence-corrected chi connectivity index (χ0v) is 16.4. The van der Waals surface area contributed by atoms with Crippen molar-refractivity contribution >= 4 is 11.8 Å². The molecule has 0 aliphatic carbocycles. The van der Waals surface area contributed by atoms with Gasteiger partial charge in [-0.3, -0.25) is 4.79 Å². The van der Waals surface area contributed by atoms with Crippen LogP contribution in [0.15, 0.2) is 42.5 Å². The summed E-state index contributed by atoms with van der Waals surface area (Å²) in [6.07, 6.45) is 0.775. The molecule has 0 N–H and O–H groups in total. The molecule has 3 aromatic rings. The summed E-state index contributed by atoms with van der Waals surface area (Å²) in [4.78, 5) is 25.6. The standard InChI is InChI=1S/C21H20N4O5/c1-14-3-5-15(6-4-14)21-22-24-25(23-21)12-20(27)30-13-17(26)16-7-8-18-19(11-16)29-10-2-9-28-18/h3-8,11H,2,9-10,12-13H2,1H3. The highest BCUT2D eigenvalue weighted by Gasteiger charge is 2.16.